The van der Waals surface area contributed by atoms with Crippen molar-refractivity contribution in [1.82, 2.24) is 5.43 Å². The first-order valence-corrected chi connectivity index (χ1v) is 12.0. The molecule has 1 aliphatic carbocycles. The Kier molecular flexibility index (Phi) is 6.10. The Labute approximate surface area is 188 Å². The number of carbonyl (C=O) groups is 1. The number of rotatable bonds is 5. The molecular weight excluding hydrogens is 422 g/mol. The highest BCUT2D eigenvalue weighted by molar-refractivity contribution is 7.92. The Morgan fingerprint density at radius 3 is 2.56 bits per heavy atom. The lowest BCUT2D eigenvalue weighted by Crippen LogP contribution is -2.22. The second-order valence-electron chi connectivity index (χ2n) is 7.96. The summed E-state index contributed by atoms with van der Waals surface area (Å²) in [6.07, 6.45) is 2.76. The molecule has 0 bridgehead atoms. The first-order chi connectivity index (χ1) is 15.3. The fraction of sp³-hybridized carbons (Fsp3) is 0.200. The number of aryl methyl sites for hydroxylation is 3. The lowest BCUT2D eigenvalue weighted by atomic mass is 9.90. The maximum atomic E-state index is 12.9. The van der Waals surface area contributed by atoms with Crippen molar-refractivity contribution in [3.8, 4) is 0 Å². The largest absolute Gasteiger partial charge is 0.279 e. The summed E-state index contributed by atoms with van der Waals surface area (Å²) in [5.41, 5.74) is 8.29. The summed E-state index contributed by atoms with van der Waals surface area (Å²) >= 11 is 0. The zero-order valence-electron chi connectivity index (χ0n) is 18.1. The van der Waals surface area contributed by atoms with Gasteiger partial charge in [-0.1, -0.05) is 48.0 Å². The van der Waals surface area contributed by atoms with Crippen molar-refractivity contribution < 1.29 is 13.2 Å². The highest BCUT2D eigenvalue weighted by Crippen LogP contribution is 2.22. The molecule has 0 saturated carbocycles. The van der Waals surface area contributed by atoms with Crippen LogP contribution in [0.4, 0.5) is 5.69 Å². The molecule has 2 N–H and O–H groups in total. The molecule has 7 heteroatoms. The van der Waals surface area contributed by atoms with E-state index in [9.17, 15) is 13.2 Å². The minimum atomic E-state index is -3.85. The van der Waals surface area contributed by atoms with Crippen LogP contribution in [0.2, 0.25) is 0 Å². The van der Waals surface area contributed by atoms with Gasteiger partial charge in [0, 0.05) is 11.1 Å². The van der Waals surface area contributed by atoms with Gasteiger partial charge in [-0.15, -0.1) is 0 Å². The number of amides is 1. The molecule has 0 fully saturated rings. The molecule has 164 valence electrons. The highest BCUT2D eigenvalue weighted by atomic mass is 32.2. The van der Waals surface area contributed by atoms with Crippen molar-refractivity contribution in [2.75, 3.05) is 4.72 Å². The number of nitrogens with one attached hydrogen (secondary N) is 2. The Hall–Kier alpha value is -3.45. The highest BCUT2D eigenvalue weighted by Gasteiger charge is 2.18. The fourth-order valence-electron chi connectivity index (χ4n) is 3.84. The number of hydrazone groups is 1. The molecule has 3 aromatic carbocycles. The molecule has 0 saturated heterocycles. The van der Waals surface area contributed by atoms with E-state index in [1.807, 2.05) is 44.2 Å². The molecule has 1 aliphatic rings. The summed E-state index contributed by atoms with van der Waals surface area (Å²) in [6, 6.07) is 19.5. The molecule has 3 aromatic rings. The average molecular weight is 448 g/mol. The van der Waals surface area contributed by atoms with E-state index < -0.39 is 15.9 Å². The number of hydrogen-bond acceptors (Lipinski definition) is 4. The van der Waals surface area contributed by atoms with Gasteiger partial charge in [0.2, 0.25) is 0 Å². The van der Waals surface area contributed by atoms with Crippen molar-refractivity contribution in [2.24, 2.45) is 5.10 Å². The monoisotopic (exact) mass is 447 g/mol. The average Bonchev–Trinajstić information content (AvgIpc) is 2.79. The predicted molar refractivity (Wildman–Crippen MR) is 127 cm³/mol. The normalized spacial score (nSPS) is 14.6. The second kappa shape index (κ2) is 8.96. The molecule has 0 radical (unpaired) electrons. The SMILES string of the molecule is Cc1ccc(NS(=O)(=O)c2cccc(C(=O)N/N=C3/CCCc4ccccc43)c2)c(C)c1. The molecular formula is C25H25N3O3S. The topological polar surface area (TPSA) is 87.6 Å². The van der Waals surface area contributed by atoms with E-state index >= 15 is 0 Å². The summed E-state index contributed by atoms with van der Waals surface area (Å²) in [7, 11) is -3.85. The van der Waals surface area contributed by atoms with Gasteiger partial charge in [0.1, 0.15) is 0 Å². The standard InChI is InChI=1S/C25H25N3O3S/c1-17-13-14-23(18(2)15-17)28-32(30,31)21-10-5-9-20(16-21)25(29)27-26-24-12-6-8-19-7-3-4-11-22(19)24/h3-5,7,9-11,13-16,28H,6,8,12H2,1-2H3,(H,27,29)/b26-24-. The Morgan fingerprint density at radius 1 is 0.938 bits per heavy atom. The summed E-state index contributed by atoms with van der Waals surface area (Å²) in [5.74, 6) is -0.455. The molecule has 6 nitrogen and oxygen atoms in total. The van der Waals surface area contributed by atoms with Gasteiger partial charge in [0.05, 0.1) is 16.3 Å². The molecule has 0 aromatic heterocycles. The minimum Gasteiger partial charge on any atom is -0.279 e. The summed E-state index contributed by atoms with van der Waals surface area (Å²) in [4.78, 5) is 12.7. The third-order valence-corrected chi connectivity index (χ3v) is 6.88. The van der Waals surface area contributed by atoms with E-state index in [1.165, 1.54) is 17.7 Å². The minimum absolute atomic E-state index is 0.0146. The Morgan fingerprint density at radius 2 is 1.75 bits per heavy atom. The van der Waals surface area contributed by atoms with Gasteiger partial charge in [-0.2, -0.15) is 5.10 Å². The van der Waals surface area contributed by atoms with Crippen LogP contribution < -0.4 is 10.1 Å². The number of hydrogen-bond donors (Lipinski definition) is 2. The molecule has 0 aliphatic heterocycles. The smallest absolute Gasteiger partial charge is 0.271 e. The Balaban J connectivity index is 1.53. The van der Waals surface area contributed by atoms with Gasteiger partial charge in [-0.3, -0.25) is 9.52 Å². The lowest BCUT2D eigenvalue weighted by Gasteiger charge is -2.17. The molecule has 0 unspecified atom stereocenters. The van der Waals surface area contributed by atoms with Crippen LogP contribution in [0, 0.1) is 13.8 Å². The van der Waals surface area contributed by atoms with Gasteiger partial charge >= 0.3 is 0 Å². The van der Waals surface area contributed by atoms with Crippen LogP contribution in [0.5, 0.6) is 0 Å². The van der Waals surface area contributed by atoms with E-state index in [1.54, 1.807) is 18.2 Å². The zero-order chi connectivity index (χ0) is 22.7. The van der Waals surface area contributed by atoms with Crippen molar-refractivity contribution >= 4 is 27.3 Å². The van der Waals surface area contributed by atoms with Gasteiger partial charge < -0.3 is 0 Å². The first kappa shape index (κ1) is 21.8. The molecule has 0 spiro atoms. The van der Waals surface area contributed by atoms with Crippen LogP contribution in [0.1, 0.15) is 45.5 Å². The van der Waals surface area contributed by atoms with E-state index in [0.29, 0.717) is 5.69 Å². The summed E-state index contributed by atoms with van der Waals surface area (Å²) in [6.45, 7) is 3.79. The van der Waals surface area contributed by atoms with Crippen molar-refractivity contribution in [2.45, 2.75) is 38.0 Å². The number of benzene rings is 3. The van der Waals surface area contributed by atoms with Crippen molar-refractivity contribution in [3.63, 3.8) is 0 Å². The fourth-order valence-corrected chi connectivity index (χ4v) is 5.01. The van der Waals surface area contributed by atoms with E-state index in [4.69, 9.17) is 0 Å². The maximum Gasteiger partial charge on any atom is 0.271 e. The van der Waals surface area contributed by atoms with Crippen molar-refractivity contribution in [1.29, 1.82) is 0 Å². The lowest BCUT2D eigenvalue weighted by molar-refractivity contribution is 0.0954. The third-order valence-electron chi connectivity index (χ3n) is 5.51. The number of anilines is 1. The number of fused-ring (bicyclic) bond motifs is 1. The second-order valence-corrected chi connectivity index (χ2v) is 9.64. The van der Waals surface area contributed by atoms with Gasteiger partial charge in [0.15, 0.2) is 0 Å². The number of nitrogens with zero attached hydrogens (tertiary/aromatic N) is 1. The molecule has 4 rings (SSSR count). The molecule has 0 heterocycles. The first-order valence-electron chi connectivity index (χ1n) is 10.5. The van der Waals surface area contributed by atoms with E-state index in [2.05, 4.69) is 21.3 Å². The van der Waals surface area contributed by atoms with Crippen molar-refractivity contribution in [3.05, 3.63) is 94.5 Å². The van der Waals surface area contributed by atoms with E-state index in [-0.39, 0.29) is 10.5 Å². The van der Waals surface area contributed by atoms with Gasteiger partial charge in [0.25, 0.3) is 15.9 Å². The molecule has 32 heavy (non-hydrogen) atoms. The Bertz CT molecular complexity index is 1310. The zero-order valence-corrected chi connectivity index (χ0v) is 18.9. The molecule has 0 atom stereocenters. The van der Waals surface area contributed by atoms with Crippen LogP contribution in [-0.2, 0) is 16.4 Å². The van der Waals surface area contributed by atoms with Crippen LogP contribution in [0.15, 0.2) is 76.7 Å². The van der Waals surface area contributed by atoms with Crippen LogP contribution >= 0.6 is 0 Å². The van der Waals surface area contributed by atoms with Crippen LogP contribution in [-0.4, -0.2) is 20.0 Å². The van der Waals surface area contributed by atoms with E-state index in [0.717, 1.165) is 41.7 Å². The number of sulfonamides is 1. The van der Waals surface area contributed by atoms with Gasteiger partial charge in [-0.05, 0) is 68.5 Å². The quantitative estimate of drug-likeness (QED) is 0.562. The predicted octanol–water partition coefficient (Wildman–Crippen LogP) is 4.57. The van der Waals surface area contributed by atoms with Crippen LogP contribution in [0.3, 0.4) is 0 Å². The van der Waals surface area contributed by atoms with Crippen LogP contribution in [0.25, 0.3) is 0 Å². The maximum absolute atomic E-state index is 12.9. The number of carbonyl (C=O) groups excluding carboxylic acids is 1. The summed E-state index contributed by atoms with van der Waals surface area (Å²) < 4.78 is 28.4. The third kappa shape index (κ3) is 4.73. The molecule has 1 amide bonds. The van der Waals surface area contributed by atoms with Gasteiger partial charge in [-0.25, -0.2) is 13.8 Å². The summed E-state index contributed by atoms with van der Waals surface area (Å²) in [5, 5.41) is 4.33.